The summed E-state index contributed by atoms with van der Waals surface area (Å²) in [5.74, 6) is 0. The largest absolute Gasteiger partial charge is 1.00 e. The molecule has 2 heteroatoms. The zero-order chi connectivity index (χ0) is 7.40. The maximum absolute atomic E-state index is 4.25. The van der Waals surface area contributed by atoms with Crippen LogP contribution in [0, 0.1) is 0 Å². The summed E-state index contributed by atoms with van der Waals surface area (Å²) in [4.78, 5) is 0. The molecular formula is C9H12KN. The number of hydrogen-bond donors (Lipinski definition) is 0. The van der Waals surface area contributed by atoms with Gasteiger partial charge < -0.3 is 5.32 Å². The van der Waals surface area contributed by atoms with Crippen LogP contribution in [0.15, 0.2) is 36.5 Å². The van der Waals surface area contributed by atoms with Crippen LogP contribution >= 0.6 is 0 Å². The Kier molecular flexibility index (Phi) is 6.82. The van der Waals surface area contributed by atoms with Gasteiger partial charge in [-0.25, -0.2) is 0 Å². The molecular weight excluding hydrogens is 161 g/mol. The van der Waals surface area contributed by atoms with Gasteiger partial charge in [-0.1, -0.05) is 30.9 Å². The van der Waals surface area contributed by atoms with E-state index in [0.717, 1.165) is 19.5 Å². The van der Waals surface area contributed by atoms with Crippen molar-refractivity contribution in [3.05, 3.63) is 41.8 Å². The van der Waals surface area contributed by atoms with Crippen molar-refractivity contribution >= 4 is 0 Å². The average Bonchev–Trinajstić information content (AvgIpc) is 2.04. The van der Waals surface area contributed by atoms with Gasteiger partial charge in [0, 0.05) is 0 Å². The molecule has 1 rings (SSSR count). The van der Waals surface area contributed by atoms with Gasteiger partial charge >= 0.3 is 51.4 Å². The van der Waals surface area contributed by atoms with E-state index in [2.05, 4.69) is 18.5 Å². The zero-order valence-electron chi connectivity index (χ0n) is 7.14. The summed E-state index contributed by atoms with van der Waals surface area (Å²) in [6, 6.07) is 0. The summed E-state index contributed by atoms with van der Waals surface area (Å²) in [5, 5.41) is 4.25. The fourth-order valence-electron chi connectivity index (χ4n) is 1.09. The molecule has 0 atom stereocenters. The molecule has 1 aliphatic heterocycles. The van der Waals surface area contributed by atoms with Gasteiger partial charge in [0.25, 0.3) is 0 Å². The molecule has 0 radical (unpaired) electrons. The van der Waals surface area contributed by atoms with Crippen LogP contribution < -0.4 is 51.4 Å². The molecule has 0 saturated heterocycles. The second-order valence-electron chi connectivity index (χ2n) is 2.31. The molecule has 0 spiro atoms. The van der Waals surface area contributed by atoms with Crippen LogP contribution in [0.4, 0.5) is 0 Å². The van der Waals surface area contributed by atoms with Gasteiger partial charge in [0.05, 0.1) is 0 Å². The molecule has 54 valence electrons. The van der Waals surface area contributed by atoms with Gasteiger partial charge in [-0.05, 0) is 12.0 Å². The predicted octanol–water partition coefficient (Wildman–Crippen LogP) is -0.564. The molecule has 0 unspecified atom stereocenters. The van der Waals surface area contributed by atoms with Crippen molar-refractivity contribution in [3.63, 3.8) is 0 Å². The van der Waals surface area contributed by atoms with Gasteiger partial charge in [-0.15, -0.1) is 13.1 Å². The molecule has 0 fully saturated rings. The Labute approximate surface area is 111 Å². The van der Waals surface area contributed by atoms with E-state index in [4.69, 9.17) is 0 Å². The number of nitrogens with zero attached hydrogens (tertiary/aromatic N) is 1. The van der Waals surface area contributed by atoms with E-state index in [1.165, 1.54) is 11.1 Å². The first-order valence-electron chi connectivity index (χ1n) is 3.48. The fourth-order valence-corrected chi connectivity index (χ4v) is 1.09. The summed E-state index contributed by atoms with van der Waals surface area (Å²) < 4.78 is 0. The first kappa shape index (κ1) is 11.8. The van der Waals surface area contributed by atoms with Crippen LogP contribution in [0.25, 0.3) is 5.32 Å². The third kappa shape index (κ3) is 3.36. The van der Waals surface area contributed by atoms with Crippen molar-refractivity contribution < 1.29 is 51.4 Å². The summed E-state index contributed by atoms with van der Waals surface area (Å²) in [6.45, 7) is 9.22. The summed E-state index contributed by atoms with van der Waals surface area (Å²) >= 11 is 0. The monoisotopic (exact) mass is 173 g/mol. The molecule has 0 saturated carbocycles. The second kappa shape index (κ2) is 6.35. The molecule has 0 amide bonds. The molecule has 0 aromatic rings. The van der Waals surface area contributed by atoms with E-state index in [-0.39, 0.29) is 51.4 Å². The van der Waals surface area contributed by atoms with Gasteiger partial charge in [0.2, 0.25) is 0 Å². The van der Waals surface area contributed by atoms with E-state index in [9.17, 15) is 0 Å². The Bertz CT molecular complexity index is 162. The first-order chi connectivity index (χ1) is 4.88. The minimum Gasteiger partial charge on any atom is -0.658 e. The van der Waals surface area contributed by atoms with Crippen LogP contribution in [0.3, 0.4) is 0 Å². The van der Waals surface area contributed by atoms with Crippen molar-refractivity contribution in [3.8, 4) is 0 Å². The standard InChI is InChI=1S/C9H12N.K/c1-3-8-5-6-10-7-9(8)4-2;/h3-4H,1-2,5-7H2;/q-1;+1. The quantitative estimate of drug-likeness (QED) is 0.497. The summed E-state index contributed by atoms with van der Waals surface area (Å²) in [5.41, 5.74) is 2.55. The van der Waals surface area contributed by atoms with E-state index in [1.54, 1.807) is 0 Å². The maximum Gasteiger partial charge on any atom is 1.00 e. The van der Waals surface area contributed by atoms with Crippen LogP contribution in [0.5, 0.6) is 0 Å². The molecule has 0 aliphatic carbocycles. The van der Waals surface area contributed by atoms with Crippen molar-refractivity contribution in [2.45, 2.75) is 6.42 Å². The smallest absolute Gasteiger partial charge is 0.658 e. The van der Waals surface area contributed by atoms with Crippen LogP contribution in [0.2, 0.25) is 0 Å². The topological polar surface area (TPSA) is 14.1 Å². The van der Waals surface area contributed by atoms with Crippen molar-refractivity contribution in [1.82, 2.24) is 0 Å². The Hall–Kier alpha value is 0.816. The minimum absolute atomic E-state index is 0. The third-order valence-corrected chi connectivity index (χ3v) is 1.73. The summed E-state index contributed by atoms with van der Waals surface area (Å²) in [7, 11) is 0. The zero-order valence-corrected chi connectivity index (χ0v) is 10.3. The molecule has 1 heterocycles. The molecule has 11 heavy (non-hydrogen) atoms. The Morgan fingerprint density at radius 3 is 2.27 bits per heavy atom. The van der Waals surface area contributed by atoms with Gasteiger partial charge in [-0.2, -0.15) is 0 Å². The number of hydrogen-bond acceptors (Lipinski definition) is 0. The van der Waals surface area contributed by atoms with E-state index < -0.39 is 0 Å². The Morgan fingerprint density at radius 2 is 1.82 bits per heavy atom. The SMILES string of the molecule is C=CC1=C(C=C)C[N-]CC1.[K+]. The predicted molar refractivity (Wildman–Crippen MR) is 45.1 cm³/mol. The average molecular weight is 173 g/mol. The summed E-state index contributed by atoms with van der Waals surface area (Å²) in [6.07, 6.45) is 4.82. The molecule has 0 N–H and O–H groups in total. The van der Waals surface area contributed by atoms with Crippen LogP contribution in [-0.4, -0.2) is 13.1 Å². The van der Waals surface area contributed by atoms with Crippen LogP contribution in [-0.2, 0) is 0 Å². The molecule has 1 aliphatic rings. The minimum atomic E-state index is 0. The van der Waals surface area contributed by atoms with Gasteiger partial charge in [0.15, 0.2) is 0 Å². The molecule has 0 aromatic carbocycles. The molecule has 0 bridgehead atoms. The van der Waals surface area contributed by atoms with Crippen molar-refractivity contribution in [2.24, 2.45) is 0 Å². The Balaban J connectivity index is 0.000001000. The van der Waals surface area contributed by atoms with E-state index >= 15 is 0 Å². The number of allylic oxidation sites excluding steroid dienone is 1. The fraction of sp³-hybridized carbons (Fsp3) is 0.333. The number of rotatable bonds is 2. The van der Waals surface area contributed by atoms with Crippen molar-refractivity contribution in [2.75, 3.05) is 13.1 Å². The van der Waals surface area contributed by atoms with Crippen LogP contribution in [0.1, 0.15) is 6.42 Å². The van der Waals surface area contributed by atoms with Gasteiger partial charge in [-0.3, -0.25) is 0 Å². The maximum atomic E-state index is 4.25. The van der Waals surface area contributed by atoms with E-state index in [0.29, 0.717) is 0 Å². The van der Waals surface area contributed by atoms with Gasteiger partial charge in [0.1, 0.15) is 0 Å². The van der Waals surface area contributed by atoms with Crippen molar-refractivity contribution in [1.29, 1.82) is 0 Å². The first-order valence-corrected chi connectivity index (χ1v) is 3.48. The Morgan fingerprint density at radius 1 is 1.18 bits per heavy atom. The third-order valence-electron chi connectivity index (χ3n) is 1.73. The van der Waals surface area contributed by atoms with E-state index in [1.807, 2.05) is 12.2 Å². The molecule has 0 aromatic heterocycles. The normalized spacial score (nSPS) is 17.1. The molecule has 1 nitrogen and oxygen atoms in total. The second-order valence-corrected chi connectivity index (χ2v) is 2.31.